The molecule has 0 atom stereocenters. The van der Waals surface area contributed by atoms with Gasteiger partial charge in [0.25, 0.3) is 0 Å². The number of rotatable bonds is 5. The first-order chi connectivity index (χ1) is 8.65. The molecule has 1 N–H and O–H groups in total. The first kappa shape index (κ1) is 12.7. The number of aromatic nitrogens is 1. The fraction of sp³-hybridized carbons (Fsp3) is 0.364. The van der Waals surface area contributed by atoms with Crippen molar-refractivity contribution in [2.24, 2.45) is 0 Å². The molecule has 0 aliphatic rings. The number of anilines is 1. The van der Waals surface area contributed by atoms with Crippen LogP contribution >= 0.6 is 11.3 Å². The summed E-state index contributed by atoms with van der Waals surface area (Å²) in [6.07, 6.45) is 0. The van der Waals surface area contributed by atoms with Crippen molar-refractivity contribution in [2.45, 2.75) is 0 Å². The summed E-state index contributed by atoms with van der Waals surface area (Å²) in [5.74, 6) is 0. The van der Waals surface area contributed by atoms with Crippen LogP contribution in [0.2, 0.25) is 0 Å². The topological polar surface area (TPSA) is 71.3 Å². The Morgan fingerprint density at radius 3 is 3.00 bits per heavy atom. The molecule has 0 spiro atoms. The van der Waals surface area contributed by atoms with Gasteiger partial charge in [0.15, 0.2) is 5.52 Å². The number of nitrogens with zero attached hydrogens (tertiary/aromatic N) is 3. The molecule has 0 radical (unpaired) electrons. The van der Waals surface area contributed by atoms with Crippen molar-refractivity contribution in [3.05, 3.63) is 27.8 Å². The lowest BCUT2D eigenvalue weighted by molar-refractivity contribution is -0.382. The van der Waals surface area contributed by atoms with E-state index in [4.69, 9.17) is 0 Å². The summed E-state index contributed by atoms with van der Waals surface area (Å²) in [5, 5.41) is 14.3. The molecule has 1 aromatic carbocycles. The summed E-state index contributed by atoms with van der Waals surface area (Å²) in [5.41, 5.74) is 2.80. The van der Waals surface area contributed by atoms with Gasteiger partial charge in [-0.25, -0.2) is 4.98 Å². The minimum atomic E-state index is -0.354. The largest absolute Gasteiger partial charge is 0.368 e. The van der Waals surface area contributed by atoms with E-state index in [0.29, 0.717) is 17.7 Å². The second kappa shape index (κ2) is 5.28. The van der Waals surface area contributed by atoms with E-state index in [-0.39, 0.29) is 10.6 Å². The Kier molecular flexibility index (Phi) is 3.73. The number of thiazole rings is 1. The molecule has 6 nitrogen and oxygen atoms in total. The molecule has 2 aromatic rings. The van der Waals surface area contributed by atoms with E-state index in [9.17, 15) is 10.1 Å². The van der Waals surface area contributed by atoms with Crippen LogP contribution < -0.4 is 10.2 Å². The van der Waals surface area contributed by atoms with E-state index in [0.717, 1.165) is 11.2 Å². The predicted molar refractivity (Wildman–Crippen MR) is 73.5 cm³/mol. The molecule has 2 rings (SSSR count). The standard InChI is InChI=1S/C11H14N4O2S/c1-12-5-6-14(2)8-3-4-9-10(13-7-18-9)11(8)15(16)17/h3-4,7,12H,5-6H2,1-2H3. The Balaban J connectivity index is 2.48. The Bertz CT molecular complexity index is 569. The number of benzene rings is 1. The molecule has 0 unspecified atom stereocenters. The molecule has 0 fully saturated rings. The van der Waals surface area contributed by atoms with Gasteiger partial charge in [-0.15, -0.1) is 11.3 Å². The van der Waals surface area contributed by atoms with Gasteiger partial charge in [0.1, 0.15) is 5.69 Å². The molecular weight excluding hydrogens is 252 g/mol. The zero-order chi connectivity index (χ0) is 13.1. The van der Waals surface area contributed by atoms with Crippen LogP contribution in [-0.2, 0) is 0 Å². The highest BCUT2D eigenvalue weighted by molar-refractivity contribution is 7.16. The van der Waals surface area contributed by atoms with Crippen LogP contribution in [-0.4, -0.2) is 37.1 Å². The van der Waals surface area contributed by atoms with Gasteiger partial charge in [0.05, 0.1) is 15.1 Å². The van der Waals surface area contributed by atoms with Crippen molar-refractivity contribution >= 4 is 32.9 Å². The Morgan fingerprint density at radius 1 is 1.56 bits per heavy atom. The first-order valence-corrected chi connectivity index (χ1v) is 6.39. The molecule has 96 valence electrons. The fourth-order valence-corrected chi connectivity index (χ4v) is 2.47. The Morgan fingerprint density at radius 2 is 2.33 bits per heavy atom. The number of hydrogen-bond acceptors (Lipinski definition) is 6. The minimum absolute atomic E-state index is 0.0901. The average molecular weight is 266 g/mol. The SMILES string of the molecule is CNCCN(C)c1ccc2scnc2c1[N+](=O)[O-]. The summed E-state index contributed by atoms with van der Waals surface area (Å²) >= 11 is 1.41. The summed E-state index contributed by atoms with van der Waals surface area (Å²) < 4.78 is 0.840. The molecule has 0 amide bonds. The molecule has 0 bridgehead atoms. The number of nitrogens with one attached hydrogen (secondary N) is 1. The van der Waals surface area contributed by atoms with Gasteiger partial charge < -0.3 is 10.2 Å². The molecule has 7 heteroatoms. The van der Waals surface area contributed by atoms with Crippen LogP contribution in [0.4, 0.5) is 11.4 Å². The number of fused-ring (bicyclic) bond motifs is 1. The van der Waals surface area contributed by atoms with E-state index in [1.54, 1.807) is 11.6 Å². The summed E-state index contributed by atoms with van der Waals surface area (Å²) in [4.78, 5) is 16.9. The van der Waals surface area contributed by atoms with Gasteiger partial charge in [-0.3, -0.25) is 10.1 Å². The number of nitro benzene ring substituents is 1. The molecule has 0 aliphatic carbocycles. The van der Waals surface area contributed by atoms with Crippen molar-refractivity contribution in [3.63, 3.8) is 0 Å². The van der Waals surface area contributed by atoms with E-state index < -0.39 is 0 Å². The third kappa shape index (κ3) is 2.27. The monoisotopic (exact) mass is 266 g/mol. The van der Waals surface area contributed by atoms with Crippen molar-refractivity contribution in [1.29, 1.82) is 0 Å². The third-order valence-corrected chi connectivity index (χ3v) is 3.54. The van der Waals surface area contributed by atoms with Crippen molar-refractivity contribution in [1.82, 2.24) is 10.3 Å². The van der Waals surface area contributed by atoms with Crippen LogP contribution in [0.3, 0.4) is 0 Å². The quantitative estimate of drug-likeness (QED) is 0.660. The van der Waals surface area contributed by atoms with Crippen LogP contribution in [0, 0.1) is 10.1 Å². The van der Waals surface area contributed by atoms with Gasteiger partial charge >= 0.3 is 5.69 Å². The van der Waals surface area contributed by atoms with Crippen LogP contribution in [0.15, 0.2) is 17.6 Å². The predicted octanol–water partition coefficient (Wildman–Crippen LogP) is 1.86. The number of likely N-dealkylation sites (N-methyl/N-ethyl adjacent to an activating group) is 2. The van der Waals surface area contributed by atoms with Crippen molar-refractivity contribution in [2.75, 3.05) is 32.1 Å². The van der Waals surface area contributed by atoms with Crippen LogP contribution in [0.25, 0.3) is 10.2 Å². The van der Waals surface area contributed by atoms with E-state index in [1.165, 1.54) is 11.3 Å². The molecule has 18 heavy (non-hydrogen) atoms. The molecule has 1 heterocycles. The highest BCUT2D eigenvalue weighted by atomic mass is 32.1. The normalized spacial score (nSPS) is 10.8. The van der Waals surface area contributed by atoms with Crippen LogP contribution in [0.1, 0.15) is 0 Å². The average Bonchev–Trinajstić information content (AvgIpc) is 2.82. The lowest BCUT2D eigenvalue weighted by atomic mass is 10.2. The maximum absolute atomic E-state index is 11.2. The zero-order valence-electron chi connectivity index (χ0n) is 10.2. The summed E-state index contributed by atoms with van der Waals surface area (Å²) in [6, 6.07) is 3.67. The van der Waals surface area contributed by atoms with Crippen LogP contribution in [0.5, 0.6) is 0 Å². The lowest BCUT2D eigenvalue weighted by Gasteiger charge is -2.18. The lowest BCUT2D eigenvalue weighted by Crippen LogP contribution is -2.27. The highest BCUT2D eigenvalue weighted by Gasteiger charge is 2.22. The fourth-order valence-electron chi connectivity index (χ4n) is 1.79. The molecule has 0 saturated heterocycles. The maximum Gasteiger partial charge on any atom is 0.319 e. The number of nitro groups is 1. The van der Waals surface area contributed by atoms with Gasteiger partial charge in [0, 0.05) is 20.1 Å². The summed E-state index contributed by atoms with van der Waals surface area (Å²) in [7, 11) is 3.70. The molecule has 0 aliphatic heterocycles. The van der Waals surface area contributed by atoms with Crippen molar-refractivity contribution in [3.8, 4) is 0 Å². The maximum atomic E-state index is 11.2. The Hall–Kier alpha value is -1.73. The second-order valence-corrected chi connectivity index (χ2v) is 4.80. The van der Waals surface area contributed by atoms with E-state index in [1.807, 2.05) is 25.1 Å². The highest BCUT2D eigenvalue weighted by Crippen LogP contribution is 2.35. The van der Waals surface area contributed by atoms with Gasteiger partial charge in [0.2, 0.25) is 0 Å². The molecular formula is C11H14N4O2S. The van der Waals surface area contributed by atoms with Gasteiger partial charge in [-0.05, 0) is 19.2 Å². The van der Waals surface area contributed by atoms with E-state index >= 15 is 0 Å². The second-order valence-electron chi connectivity index (χ2n) is 3.91. The third-order valence-electron chi connectivity index (χ3n) is 2.75. The molecule has 1 aromatic heterocycles. The van der Waals surface area contributed by atoms with Crippen molar-refractivity contribution < 1.29 is 4.92 Å². The van der Waals surface area contributed by atoms with E-state index in [2.05, 4.69) is 10.3 Å². The number of hydrogen-bond donors (Lipinski definition) is 1. The first-order valence-electron chi connectivity index (χ1n) is 5.51. The smallest absolute Gasteiger partial charge is 0.319 e. The zero-order valence-corrected chi connectivity index (χ0v) is 11.0. The summed E-state index contributed by atoms with van der Waals surface area (Å²) in [6.45, 7) is 1.47. The van der Waals surface area contributed by atoms with Gasteiger partial charge in [-0.2, -0.15) is 0 Å². The van der Waals surface area contributed by atoms with Gasteiger partial charge in [-0.1, -0.05) is 0 Å². The minimum Gasteiger partial charge on any atom is -0.368 e. The Labute approximate surface area is 108 Å². The molecule has 0 saturated carbocycles.